The van der Waals surface area contributed by atoms with Crippen molar-refractivity contribution in [2.24, 2.45) is 5.92 Å². The number of carbonyl (C=O) groups excluding carboxylic acids is 4. The second kappa shape index (κ2) is 7.44. The Morgan fingerprint density at radius 3 is 2.71 bits per heavy atom. The summed E-state index contributed by atoms with van der Waals surface area (Å²) in [5.41, 5.74) is 1.44. The standard InChI is InChI=1S/C20H24N4O4/c1-11-7-13(10-21-8-11)22-9-12-3-2-4-14-17(12)20(28)24(19(14)27)15-5-6-16(25)23-18(15)26/h2-4,11,13,15,21-22H,5-10H2,1H3,(H,23,25,26)/t11-,13-,15?/m0/s1. The molecule has 3 aliphatic rings. The molecule has 1 unspecified atom stereocenters. The van der Waals surface area contributed by atoms with Crippen LogP contribution >= 0.6 is 0 Å². The van der Waals surface area contributed by atoms with Crippen LogP contribution in [0.3, 0.4) is 0 Å². The maximum Gasteiger partial charge on any atom is 0.262 e. The van der Waals surface area contributed by atoms with Crippen molar-refractivity contribution in [3.8, 4) is 0 Å². The highest BCUT2D eigenvalue weighted by molar-refractivity contribution is 6.24. The lowest BCUT2D eigenvalue weighted by atomic mass is 9.97. The number of carbonyl (C=O) groups is 4. The van der Waals surface area contributed by atoms with E-state index in [-0.39, 0.29) is 18.7 Å². The molecule has 0 spiro atoms. The van der Waals surface area contributed by atoms with E-state index in [4.69, 9.17) is 0 Å². The number of amides is 4. The van der Waals surface area contributed by atoms with Crippen molar-refractivity contribution < 1.29 is 19.2 Å². The zero-order chi connectivity index (χ0) is 19.8. The van der Waals surface area contributed by atoms with Crippen molar-refractivity contribution >= 4 is 23.6 Å². The van der Waals surface area contributed by atoms with E-state index in [1.807, 2.05) is 6.07 Å². The van der Waals surface area contributed by atoms with Crippen LogP contribution in [0.1, 0.15) is 52.5 Å². The van der Waals surface area contributed by atoms with Gasteiger partial charge in [0.2, 0.25) is 11.8 Å². The number of rotatable bonds is 4. The van der Waals surface area contributed by atoms with Crippen molar-refractivity contribution in [1.29, 1.82) is 0 Å². The predicted octanol–water partition coefficient (Wildman–Crippen LogP) is 0.175. The lowest BCUT2D eigenvalue weighted by Crippen LogP contribution is -2.54. The molecule has 28 heavy (non-hydrogen) atoms. The van der Waals surface area contributed by atoms with Crippen LogP contribution in [-0.2, 0) is 16.1 Å². The van der Waals surface area contributed by atoms with Gasteiger partial charge in [-0.05, 0) is 36.9 Å². The molecule has 4 amide bonds. The fourth-order valence-electron chi connectivity index (χ4n) is 4.30. The predicted molar refractivity (Wildman–Crippen MR) is 100 cm³/mol. The molecule has 8 heteroatoms. The zero-order valence-electron chi connectivity index (χ0n) is 15.8. The van der Waals surface area contributed by atoms with E-state index in [1.54, 1.807) is 12.1 Å². The summed E-state index contributed by atoms with van der Waals surface area (Å²) in [7, 11) is 0. The summed E-state index contributed by atoms with van der Waals surface area (Å²) < 4.78 is 0. The monoisotopic (exact) mass is 384 g/mol. The van der Waals surface area contributed by atoms with Gasteiger partial charge in [0.1, 0.15) is 6.04 Å². The Labute approximate surface area is 163 Å². The van der Waals surface area contributed by atoms with Gasteiger partial charge < -0.3 is 10.6 Å². The first kappa shape index (κ1) is 18.8. The summed E-state index contributed by atoms with van der Waals surface area (Å²) in [5, 5.41) is 9.08. The fourth-order valence-corrected chi connectivity index (χ4v) is 4.30. The van der Waals surface area contributed by atoms with E-state index in [1.165, 1.54) is 0 Å². The van der Waals surface area contributed by atoms with Crippen LogP contribution in [0, 0.1) is 5.92 Å². The minimum absolute atomic E-state index is 0.116. The molecule has 0 saturated carbocycles. The van der Waals surface area contributed by atoms with Crippen molar-refractivity contribution in [3.63, 3.8) is 0 Å². The first-order chi connectivity index (χ1) is 13.5. The zero-order valence-corrected chi connectivity index (χ0v) is 15.8. The average Bonchev–Trinajstić information content (AvgIpc) is 2.92. The third-order valence-electron chi connectivity index (χ3n) is 5.71. The van der Waals surface area contributed by atoms with Crippen LogP contribution < -0.4 is 16.0 Å². The molecule has 1 aromatic carbocycles. The first-order valence-electron chi connectivity index (χ1n) is 9.73. The van der Waals surface area contributed by atoms with E-state index in [9.17, 15) is 19.2 Å². The Hall–Kier alpha value is -2.58. The number of hydrogen-bond acceptors (Lipinski definition) is 6. The van der Waals surface area contributed by atoms with E-state index < -0.39 is 23.8 Å². The maximum atomic E-state index is 13.1. The van der Waals surface area contributed by atoms with Crippen molar-refractivity contribution in [1.82, 2.24) is 20.9 Å². The summed E-state index contributed by atoms with van der Waals surface area (Å²) in [6, 6.07) is 4.59. The van der Waals surface area contributed by atoms with Gasteiger partial charge in [0.05, 0.1) is 11.1 Å². The number of nitrogens with one attached hydrogen (secondary N) is 3. The number of imide groups is 2. The Morgan fingerprint density at radius 1 is 1.14 bits per heavy atom. The van der Waals surface area contributed by atoms with Gasteiger partial charge in [-0.2, -0.15) is 0 Å². The molecule has 3 N–H and O–H groups in total. The van der Waals surface area contributed by atoms with Gasteiger partial charge in [0.25, 0.3) is 11.8 Å². The van der Waals surface area contributed by atoms with Gasteiger partial charge in [0.15, 0.2) is 0 Å². The molecule has 2 fully saturated rings. The van der Waals surface area contributed by atoms with E-state index in [0.717, 1.165) is 30.0 Å². The minimum Gasteiger partial charge on any atom is -0.315 e. The van der Waals surface area contributed by atoms with Gasteiger partial charge in [0, 0.05) is 25.6 Å². The van der Waals surface area contributed by atoms with Crippen LogP contribution in [0.5, 0.6) is 0 Å². The lowest BCUT2D eigenvalue weighted by molar-refractivity contribution is -0.136. The number of nitrogens with zero attached hydrogens (tertiary/aromatic N) is 1. The molecule has 148 valence electrons. The number of piperidine rings is 2. The first-order valence-corrected chi connectivity index (χ1v) is 9.73. The summed E-state index contributed by atoms with van der Waals surface area (Å²) in [4.78, 5) is 50.5. The minimum atomic E-state index is -0.936. The Kier molecular flexibility index (Phi) is 4.99. The van der Waals surface area contributed by atoms with Crippen LogP contribution in [-0.4, -0.2) is 53.7 Å². The highest BCUT2D eigenvalue weighted by Crippen LogP contribution is 2.30. The highest BCUT2D eigenvalue weighted by Gasteiger charge is 2.45. The smallest absolute Gasteiger partial charge is 0.262 e. The van der Waals surface area contributed by atoms with E-state index in [0.29, 0.717) is 29.6 Å². The maximum absolute atomic E-state index is 13.1. The van der Waals surface area contributed by atoms with Gasteiger partial charge in [-0.3, -0.25) is 29.4 Å². The summed E-state index contributed by atoms with van der Waals surface area (Å²) in [5.74, 6) is -1.31. The quantitative estimate of drug-likeness (QED) is 0.639. The van der Waals surface area contributed by atoms with E-state index >= 15 is 0 Å². The molecule has 3 heterocycles. The Morgan fingerprint density at radius 2 is 1.96 bits per heavy atom. The van der Waals surface area contributed by atoms with Gasteiger partial charge in [-0.1, -0.05) is 19.1 Å². The summed E-state index contributed by atoms with van der Waals surface area (Å²) in [6.45, 7) is 4.55. The molecule has 3 aliphatic heterocycles. The van der Waals surface area contributed by atoms with Crippen LogP contribution in [0.15, 0.2) is 18.2 Å². The number of benzene rings is 1. The van der Waals surface area contributed by atoms with Crippen LogP contribution in [0.25, 0.3) is 0 Å². The Bertz CT molecular complexity index is 853. The van der Waals surface area contributed by atoms with E-state index in [2.05, 4.69) is 22.9 Å². The number of fused-ring (bicyclic) bond motifs is 1. The molecule has 0 bridgehead atoms. The van der Waals surface area contributed by atoms with Crippen LogP contribution in [0.2, 0.25) is 0 Å². The molecule has 0 aliphatic carbocycles. The Balaban J connectivity index is 1.54. The number of hydrogen-bond donors (Lipinski definition) is 3. The summed E-state index contributed by atoms with van der Waals surface area (Å²) in [6.07, 6.45) is 1.33. The molecule has 0 radical (unpaired) electrons. The molecule has 1 aromatic rings. The third-order valence-corrected chi connectivity index (χ3v) is 5.71. The lowest BCUT2D eigenvalue weighted by Gasteiger charge is -2.29. The molecule has 0 aromatic heterocycles. The third kappa shape index (κ3) is 3.33. The second-order valence-corrected chi connectivity index (χ2v) is 7.86. The van der Waals surface area contributed by atoms with Crippen LogP contribution in [0.4, 0.5) is 0 Å². The highest BCUT2D eigenvalue weighted by atomic mass is 16.2. The molecule has 3 atom stereocenters. The van der Waals surface area contributed by atoms with Crippen molar-refractivity contribution in [2.45, 2.75) is 44.8 Å². The SMILES string of the molecule is C[C@@H]1CNC[C@@H](NCc2cccc3c2C(=O)N(C2CCC(=O)NC2=O)C3=O)C1. The van der Waals surface area contributed by atoms with Gasteiger partial charge >= 0.3 is 0 Å². The summed E-state index contributed by atoms with van der Waals surface area (Å²) >= 11 is 0. The molecule has 8 nitrogen and oxygen atoms in total. The largest absolute Gasteiger partial charge is 0.315 e. The van der Waals surface area contributed by atoms with Gasteiger partial charge in [-0.25, -0.2) is 0 Å². The molecular weight excluding hydrogens is 360 g/mol. The van der Waals surface area contributed by atoms with Crippen molar-refractivity contribution in [2.75, 3.05) is 13.1 Å². The molecular formula is C20H24N4O4. The van der Waals surface area contributed by atoms with Gasteiger partial charge in [-0.15, -0.1) is 0 Å². The molecule has 4 rings (SSSR count). The fraction of sp³-hybridized carbons (Fsp3) is 0.500. The molecule has 2 saturated heterocycles. The second-order valence-electron chi connectivity index (χ2n) is 7.86. The topological polar surface area (TPSA) is 108 Å². The average molecular weight is 384 g/mol. The van der Waals surface area contributed by atoms with Crippen molar-refractivity contribution in [3.05, 3.63) is 34.9 Å². The normalized spacial score (nSPS) is 27.8.